The Morgan fingerprint density at radius 3 is 1.82 bits per heavy atom. The number of ether oxygens (including phenoxy) is 2. The predicted octanol–water partition coefficient (Wildman–Crippen LogP) is -4.89. The van der Waals surface area contributed by atoms with Crippen LogP contribution in [0.1, 0.15) is 13.7 Å². The van der Waals surface area contributed by atoms with Crippen LogP contribution in [-0.4, -0.2) is 127 Å². The lowest BCUT2D eigenvalue weighted by atomic mass is 10.1. The molecule has 0 aromatic heterocycles. The molecule has 0 saturated carbocycles. The topological polar surface area (TPSA) is 248 Å². The van der Waals surface area contributed by atoms with Crippen molar-refractivity contribution in [1.82, 2.24) is 9.80 Å². The van der Waals surface area contributed by atoms with Gasteiger partial charge in [0.05, 0.1) is 26.8 Å². The van der Waals surface area contributed by atoms with Crippen molar-refractivity contribution in [3.8, 4) is 0 Å². The average molecular weight is 495 g/mol. The standard InChI is InChI=1S/2C9H14N4O4/c2*1-4-12-9(10)11-3-13(4)8-7(16)6(15)5(2-14)17-8/h2*3,5-8,14-16H,1-2H2,(H2,10,12)/t2*5-,6?,7+,8-/m11/s1/i2D2,5D,6D,7D,8D;2D2,5D,6D. The summed E-state index contributed by atoms with van der Waals surface area (Å²) < 4.78 is 84.7. The number of aliphatic hydroxyl groups excluding tert-OH is 1. The van der Waals surface area contributed by atoms with Crippen LogP contribution in [0.4, 0.5) is 0 Å². The summed E-state index contributed by atoms with van der Waals surface area (Å²) in [5, 5.41) is 58.8. The minimum atomic E-state index is -3.78. The molecule has 8 atom stereocenters. The highest BCUT2D eigenvalue weighted by molar-refractivity contribution is 5.89. The number of hydrogen-bond acceptors (Lipinski definition) is 16. The summed E-state index contributed by atoms with van der Waals surface area (Å²) in [6, 6.07) is 0. The third kappa shape index (κ3) is 5.08. The maximum absolute atomic E-state index is 10.2. The van der Waals surface area contributed by atoms with Gasteiger partial charge in [-0.05, 0) is 0 Å². The van der Waals surface area contributed by atoms with E-state index in [1.807, 2.05) is 0 Å². The van der Waals surface area contributed by atoms with Gasteiger partial charge in [0.2, 0.25) is 11.9 Å². The van der Waals surface area contributed by atoms with E-state index in [1.54, 1.807) is 0 Å². The van der Waals surface area contributed by atoms with E-state index in [1.165, 1.54) is 0 Å². The Bertz CT molecular complexity index is 1350. The van der Waals surface area contributed by atoms with Gasteiger partial charge in [-0.25, -0.2) is 9.98 Å². The van der Waals surface area contributed by atoms with Crippen molar-refractivity contribution in [2.75, 3.05) is 13.1 Å². The molecule has 0 aromatic carbocycles. The third-order valence-electron chi connectivity index (χ3n) is 4.24. The van der Waals surface area contributed by atoms with Crippen LogP contribution >= 0.6 is 0 Å². The van der Waals surface area contributed by atoms with Gasteiger partial charge in [0.1, 0.15) is 60.8 Å². The van der Waals surface area contributed by atoms with Crippen LogP contribution in [0, 0.1) is 0 Å². The Hall–Kier alpha value is -2.96. The van der Waals surface area contributed by atoms with Crippen LogP contribution in [0.15, 0.2) is 44.8 Å². The first-order chi connectivity index (χ1) is 19.5. The zero-order chi connectivity index (χ0) is 34.3. The fraction of sp³-hybridized carbons (Fsp3) is 0.556. The van der Waals surface area contributed by atoms with Crippen LogP contribution in [0.25, 0.3) is 0 Å². The SMILES string of the molecule is [2H]C([2H])(O)[C@@]1([2H])O[C@@H](N2C=NC(N)=NC2=C)[C@@H](O)C1([2H])O.[2H]C([2H])(O)[C@@]1([2H])O[C@@]([2H])(N2C=NC(N)=NC2=C)[C@@]([2H])(O)C1([2H])O. The van der Waals surface area contributed by atoms with E-state index in [-0.39, 0.29) is 17.7 Å². The molecule has 2 unspecified atom stereocenters. The average Bonchev–Trinajstić information content (AvgIpc) is 3.10. The van der Waals surface area contributed by atoms with Gasteiger partial charge in [-0.2, -0.15) is 9.98 Å². The van der Waals surface area contributed by atoms with Crippen molar-refractivity contribution < 1.29 is 53.8 Å². The Morgan fingerprint density at radius 2 is 1.38 bits per heavy atom. The second kappa shape index (κ2) is 10.5. The first-order valence-corrected chi connectivity index (χ1v) is 8.93. The molecule has 34 heavy (non-hydrogen) atoms. The van der Waals surface area contributed by atoms with E-state index in [0.29, 0.717) is 4.90 Å². The summed E-state index contributed by atoms with van der Waals surface area (Å²) >= 11 is 0. The quantitative estimate of drug-likeness (QED) is 0.183. The summed E-state index contributed by atoms with van der Waals surface area (Å²) in [7, 11) is 0. The number of aliphatic hydroxyl groups is 6. The lowest BCUT2D eigenvalue weighted by molar-refractivity contribution is -0.0607. The van der Waals surface area contributed by atoms with Crippen LogP contribution in [0.5, 0.6) is 0 Å². The van der Waals surface area contributed by atoms with Crippen molar-refractivity contribution in [3.63, 3.8) is 0 Å². The molecule has 0 bridgehead atoms. The van der Waals surface area contributed by atoms with Gasteiger partial charge in [0.15, 0.2) is 12.4 Å². The molecule has 2 saturated heterocycles. The maximum Gasteiger partial charge on any atom is 0.223 e. The Balaban J connectivity index is 0.000000241. The second-order valence-corrected chi connectivity index (χ2v) is 6.36. The minimum absolute atomic E-state index is 0.0647. The molecule has 0 amide bonds. The molecule has 0 radical (unpaired) electrons. The zero-order valence-corrected chi connectivity index (χ0v) is 17.1. The molecular formula is C18H28N8O8. The summed E-state index contributed by atoms with van der Waals surface area (Å²) in [5.41, 5.74) is 10.6. The number of nitrogens with zero attached hydrogens (tertiary/aromatic N) is 6. The zero-order valence-electron chi connectivity index (χ0n) is 27.1. The molecule has 16 nitrogen and oxygen atoms in total. The van der Waals surface area contributed by atoms with Crippen LogP contribution < -0.4 is 11.5 Å². The molecule has 0 spiro atoms. The molecule has 188 valence electrons. The molecule has 0 aromatic rings. The highest BCUT2D eigenvalue weighted by Crippen LogP contribution is 2.27. The van der Waals surface area contributed by atoms with E-state index < -0.39 is 67.9 Å². The van der Waals surface area contributed by atoms with E-state index in [0.717, 1.165) is 17.6 Å². The van der Waals surface area contributed by atoms with Gasteiger partial charge in [-0.3, -0.25) is 9.80 Å². The molecule has 4 aliphatic rings. The second-order valence-electron chi connectivity index (χ2n) is 6.36. The first-order valence-electron chi connectivity index (χ1n) is 13.9. The van der Waals surface area contributed by atoms with Crippen molar-refractivity contribution in [2.24, 2.45) is 31.4 Å². The Kier molecular flexibility index (Phi) is 4.68. The van der Waals surface area contributed by atoms with Crippen molar-refractivity contribution >= 4 is 24.6 Å². The van der Waals surface area contributed by atoms with Crippen molar-refractivity contribution in [3.05, 3.63) is 24.8 Å². The van der Waals surface area contributed by atoms with Gasteiger partial charge in [-0.15, -0.1) is 0 Å². The molecule has 4 aliphatic heterocycles. The largest absolute Gasteiger partial charge is 0.394 e. The maximum atomic E-state index is 10.2. The normalized spacial score (nSPS) is 55.6. The molecule has 4 heterocycles. The van der Waals surface area contributed by atoms with E-state index in [4.69, 9.17) is 29.9 Å². The lowest BCUT2D eigenvalue weighted by Crippen LogP contribution is -2.44. The van der Waals surface area contributed by atoms with Crippen LogP contribution in [0.2, 0.25) is 0 Å². The van der Waals surface area contributed by atoms with Crippen molar-refractivity contribution in [1.29, 1.82) is 0 Å². The summed E-state index contributed by atoms with van der Waals surface area (Å²) in [6.07, 6.45) is -22.4. The number of guanidine groups is 2. The fourth-order valence-electron chi connectivity index (χ4n) is 2.64. The molecule has 2 fully saturated rings. The monoisotopic (exact) mass is 494 g/mol. The number of aliphatic imine (C=N–C) groups is 4. The lowest BCUT2D eigenvalue weighted by Gasteiger charge is -2.29. The fourth-order valence-corrected chi connectivity index (χ4v) is 2.64. The highest BCUT2D eigenvalue weighted by atomic mass is 16.6. The minimum Gasteiger partial charge on any atom is -0.394 e. The molecule has 0 aliphatic carbocycles. The van der Waals surface area contributed by atoms with Gasteiger partial charge < -0.3 is 51.6 Å². The van der Waals surface area contributed by atoms with Crippen molar-refractivity contribution in [2.45, 2.75) is 48.9 Å². The predicted molar refractivity (Wildman–Crippen MR) is 118 cm³/mol. The van der Waals surface area contributed by atoms with Gasteiger partial charge >= 0.3 is 0 Å². The summed E-state index contributed by atoms with van der Waals surface area (Å²) in [4.78, 5) is 15.8. The third-order valence-corrected chi connectivity index (χ3v) is 4.24. The van der Waals surface area contributed by atoms with E-state index in [2.05, 4.69) is 37.9 Å². The smallest absolute Gasteiger partial charge is 0.223 e. The number of rotatable bonds is 4. The van der Waals surface area contributed by atoms with Gasteiger partial charge in [-0.1, -0.05) is 13.2 Å². The van der Waals surface area contributed by atoms with Crippen LogP contribution in [0.3, 0.4) is 0 Å². The molecular weight excluding hydrogens is 456 g/mol. The Labute approximate surface area is 207 Å². The molecule has 16 heteroatoms. The van der Waals surface area contributed by atoms with E-state index >= 15 is 0 Å². The summed E-state index contributed by atoms with van der Waals surface area (Å²) in [6.45, 7) is -0.261. The number of hydrogen-bond donors (Lipinski definition) is 8. The molecule has 10 N–H and O–H groups in total. The van der Waals surface area contributed by atoms with Gasteiger partial charge in [0, 0.05) is 0 Å². The first kappa shape index (κ1) is 15.1. The van der Waals surface area contributed by atoms with Gasteiger partial charge in [0.25, 0.3) is 0 Å². The molecule has 4 rings (SSSR count). The highest BCUT2D eigenvalue weighted by Gasteiger charge is 2.46. The number of nitrogens with two attached hydrogens (primary N) is 2. The van der Waals surface area contributed by atoms with Crippen LogP contribution in [-0.2, 0) is 9.47 Å². The Morgan fingerprint density at radius 1 is 0.882 bits per heavy atom. The van der Waals surface area contributed by atoms with E-state index in [9.17, 15) is 30.6 Å². The summed E-state index contributed by atoms with van der Waals surface area (Å²) in [5.74, 6) is -0.863.